The zero-order chi connectivity index (χ0) is 18.6. The Morgan fingerprint density at radius 3 is 2.27 bits per heavy atom. The molecule has 1 N–H and O–H groups in total. The lowest BCUT2D eigenvalue weighted by atomic mass is 9.97. The maximum absolute atomic E-state index is 12.6. The van der Waals surface area contributed by atoms with Gasteiger partial charge in [-0.1, -0.05) is 32.1 Å². The standard InChI is InChI=1S/C19H21F3N2O2/c20-19(21,22)14-10-8-13(9-11-14)18-24-16(12-26-18)17(25)23-15-6-4-2-1-3-5-7-15/h8-12,15H,1-7H2,(H,23,25). The summed E-state index contributed by atoms with van der Waals surface area (Å²) in [5.41, 5.74) is -0.208. The average Bonchev–Trinajstić information content (AvgIpc) is 3.06. The molecule has 7 heteroatoms. The molecule has 1 aromatic carbocycles. The van der Waals surface area contributed by atoms with Crippen molar-refractivity contribution in [2.24, 2.45) is 0 Å². The van der Waals surface area contributed by atoms with Crippen LogP contribution >= 0.6 is 0 Å². The van der Waals surface area contributed by atoms with Crippen LogP contribution in [-0.2, 0) is 6.18 Å². The number of alkyl halides is 3. The number of amides is 1. The van der Waals surface area contributed by atoms with E-state index in [1.807, 2.05) is 0 Å². The second kappa shape index (κ2) is 7.93. The van der Waals surface area contributed by atoms with E-state index in [0.29, 0.717) is 5.56 Å². The predicted molar refractivity (Wildman–Crippen MR) is 90.5 cm³/mol. The van der Waals surface area contributed by atoms with Gasteiger partial charge in [0.05, 0.1) is 5.56 Å². The average molecular weight is 366 g/mol. The van der Waals surface area contributed by atoms with E-state index in [4.69, 9.17) is 4.42 Å². The number of hydrogen-bond donors (Lipinski definition) is 1. The van der Waals surface area contributed by atoms with Gasteiger partial charge in [-0.05, 0) is 37.1 Å². The number of nitrogens with one attached hydrogen (secondary N) is 1. The van der Waals surface area contributed by atoms with Crippen molar-refractivity contribution in [3.8, 4) is 11.5 Å². The maximum Gasteiger partial charge on any atom is 0.416 e. The van der Waals surface area contributed by atoms with E-state index in [1.54, 1.807) is 0 Å². The Balaban J connectivity index is 1.66. The summed E-state index contributed by atoms with van der Waals surface area (Å²) in [5.74, 6) is -0.181. The minimum absolute atomic E-state index is 0.126. The highest BCUT2D eigenvalue weighted by Crippen LogP contribution is 2.30. The number of carbonyl (C=O) groups excluding carboxylic acids is 1. The summed E-state index contributed by atoms with van der Waals surface area (Å²) in [4.78, 5) is 16.5. The number of hydrogen-bond acceptors (Lipinski definition) is 3. The topological polar surface area (TPSA) is 55.1 Å². The van der Waals surface area contributed by atoms with E-state index in [0.717, 1.165) is 37.8 Å². The van der Waals surface area contributed by atoms with Crippen molar-refractivity contribution < 1.29 is 22.4 Å². The first-order valence-electron chi connectivity index (χ1n) is 8.87. The van der Waals surface area contributed by atoms with Gasteiger partial charge in [-0.15, -0.1) is 0 Å². The summed E-state index contributed by atoms with van der Waals surface area (Å²) >= 11 is 0. The lowest BCUT2D eigenvalue weighted by Gasteiger charge is -2.20. The van der Waals surface area contributed by atoms with Crippen LogP contribution < -0.4 is 5.32 Å². The van der Waals surface area contributed by atoms with Gasteiger partial charge in [0.15, 0.2) is 5.69 Å². The molecule has 0 unspecified atom stereocenters. The molecule has 1 saturated carbocycles. The number of oxazole rings is 1. The van der Waals surface area contributed by atoms with E-state index in [1.165, 1.54) is 37.7 Å². The van der Waals surface area contributed by atoms with Gasteiger partial charge in [0.2, 0.25) is 5.89 Å². The Hall–Kier alpha value is -2.31. The van der Waals surface area contributed by atoms with Gasteiger partial charge < -0.3 is 9.73 Å². The second-order valence-corrected chi connectivity index (χ2v) is 6.63. The molecule has 1 amide bonds. The predicted octanol–water partition coefficient (Wildman–Crippen LogP) is 5.20. The third-order valence-electron chi connectivity index (χ3n) is 4.64. The Bertz CT molecular complexity index is 730. The Kier molecular flexibility index (Phi) is 5.64. The highest BCUT2D eigenvalue weighted by molar-refractivity contribution is 5.92. The molecule has 26 heavy (non-hydrogen) atoms. The van der Waals surface area contributed by atoms with Crippen molar-refractivity contribution in [2.45, 2.75) is 57.2 Å². The number of aromatic nitrogens is 1. The van der Waals surface area contributed by atoms with Gasteiger partial charge in [0.1, 0.15) is 6.26 Å². The molecule has 0 bridgehead atoms. The Labute approximate surface area is 149 Å². The minimum atomic E-state index is -4.39. The molecule has 3 rings (SSSR count). The Morgan fingerprint density at radius 1 is 1.04 bits per heavy atom. The fourth-order valence-electron chi connectivity index (χ4n) is 3.17. The molecular formula is C19H21F3N2O2. The summed E-state index contributed by atoms with van der Waals surface area (Å²) in [7, 11) is 0. The highest BCUT2D eigenvalue weighted by atomic mass is 19.4. The molecule has 140 valence electrons. The van der Waals surface area contributed by atoms with E-state index >= 15 is 0 Å². The van der Waals surface area contributed by atoms with Crippen molar-refractivity contribution in [1.29, 1.82) is 0 Å². The van der Waals surface area contributed by atoms with E-state index in [-0.39, 0.29) is 23.5 Å². The van der Waals surface area contributed by atoms with Crippen LogP contribution in [-0.4, -0.2) is 16.9 Å². The molecule has 1 aliphatic carbocycles. The molecule has 0 atom stereocenters. The number of nitrogens with zero attached hydrogens (tertiary/aromatic N) is 1. The Morgan fingerprint density at radius 2 is 1.65 bits per heavy atom. The molecule has 4 nitrogen and oxygen atoms in total. The van der Waals surface area contributed by atoms with Crippen molar-refractivity contribution in [3.05, 3.63) is 41.8 Å². The number of rotatable bonds is 3. The quantitative estimate of drug-likeness (QED) is 0.812. The van der Waals surface area contributed by atoms with Crippen LogP contribution in [0.1, 0.15) is 61.0 Å². The van der Waals surface area contributed by atoms with Crippen molar-refractivity contribution >= 4 is 5.91 Å². The van der Waals surface area contributed by atoms with Crippen LogP contribution in [0.3, 0.4) is 0 Å². The molecule has 1 heterocycles. The first-order valence-corrected chi connectivity index (χ1v) is 8.87. The lowest BCUT2D eigenvalue weighted by molar-refractivity contribution is -0.137. The monoisotopic (exact) mass is 366 g/mol. The SMILES string of the molecule is O=C(NC1CCCCCCC1)c1coc(-c2ccc(C(F)(F)F)cc2)n1. The second-order valence-electron chi connectivity index (χ2n) is 6.63. The van der Waals surface area contributed by atoms with Crippen LogP contribution in [0.5, 0.6) is 0 Å². The largest absolute Gasteiger partial charge is 0.444 e. The highest BCUT2D eigenvalue weighted by Gasteiger charge is 2.30. The van der Waals surface area contributed by atoms with Crippen LogP contribution in [0, 0.1) is 0 Å². The molecule has 0 saturated heterocycles. The van der Waals surface area contributed by atoms with Crippen LogP contribution in [0.15, 0.2) is 34.9 Å². The molecule has 2 aromatic rings. The summed E-state index contributed by atoms with van der Waals surface area (Å²) in [6.07, 6.45) is 4.58. The molecule has 1 aromatic heterocycles. The third-order valence-corrected chi connectivity index (χ3v) is 4.64. The zero-order valence-corrected chi connectivity index (χ0v) is 14.3. The summed E-state index contributed by atoms with van der Waals surface area (Å²) < 4.78 is 43.1. The van der Waals surface area contributed by atoms with Gasteiger partial charge in [-0.3, -0.25) is 4.79 Å². The van der Waals surface area contributed by atoms with Gasteiger partial charge in [0.25, 0.3) is 5.91 Å². The van der Waals surface area contributed by atoms with Gasteiger partial charge in [-0.25, -0.2) is 4.98 Å². The van der Waals surface area contributed by atoms with E-state index in [2.05, 4.69) is 10.3 Å². The van der Waals surface area contributed by atoms with Crippen LogP contribution in [0.25, 0.3) is 11.5 Å². The van der Waals surface area contributed by atoms with Crippen molar-refractivity contribution in [1.82, 2.24) is 10.3 Å². The lowest BCUT2D eigenvalue weighted by Crippen LogP contribution is -2.35. The maximum atomic E-state index is 12.6. The molecule has 0 radical (unpaired) electrons. The van der Waals surface area contributed by atoms with Gasteiger partial charge >= 0.3 is 6.18 Å². The molecular weight excluding hydrogens is 345 g/mol. The van der Waals surface area contributed by atoms with Gasteiger partial charge in [-0.2, -0.15) is 13.2 Å². The molecule has 0 aliphatic heterocycles. The summed E-state index contributed by atoms with van der Waals surface area (Å²) in [5, 5.41) is 2.99. The third kappa shape index (κ3) is 4.65. The van der Waals surface area contributed by atoms with E-state index < -0.39 is 11.7 Å². The first-order chi connectivity index (χ1) is 12.4. The minimum Gasteiger partial charge on any atom is -0.444 e. The summed E-state index contributed by atoms with van der Waals surface area (Å²) in [6.45, 7) is 0. The number of halogens is 3. The normalized spacial score (nSPS) is 16.7. The molecule has 0 spiro atoms. The number of benzene rings is 1. The fourth-order valence-corrected chi connectivity index (χ4v) is 3.17. The first kappa shape index (κ1) is 18.5. The molecule has 1 fully saturated rings. The fraction of sp³-hybridized carbons (Fsp3) is 0.474. The zero-order valence-electron chi connectivity index (χ0n) is 14.3. The van der Waals surface area contributed by atoms with Crippen molar-refractivity contribution in [3.63, 3.8) is 0 Å². The van der Waals surface area contributed by atoms with Crippen LogP contribution in [0.2, 0.25) is 0 Å². The van der Waals surface area contributed by atoms with E-state index in [9.17, 15) is 18.0 Å². The number of carbonyl (C=O) groups is 1. The van der Waals surface area contributed by atoms with Gasteiger partial charge in [0, 0.05) is 11.6 Å². The molecule has 1 aliphatic rings. The smallest absolute Gasteiger partial charge is 0.416 e. The van der Waals surface area contributed by atoms with Crippen molar-refractivity contribution in [2.75, 3.05) is 0 Å². The van der Waals surface area contributed by atoms with Crippen LogP contribution in [0.4, 0.5) is 13.2 Å². The summed E-state index contributed by atoms with van der Waals surface area (Å²) in [6, 6.07) is 4.63.